The van der Waals surface area contributed by atoms with Crippen molar-refractivity contribution in [2.45, 2.75) is 67.6 Å². The molecule has 2 heterocycles. The van der Waals surface area contributed by atoms with Crippen LogP contribution in [0.5, 0.6) is 5.75 Å². The number of likely N-dealkylation sites (N-methyl/N-ethyl adjacent to an activating group) is 2. The zero-order valence-electron chi connectivity index (χ0n) is 20.4. The maximum absolute atomic E-state index is 13.6. The average Bonchev–Trinajstić information content (AvgIpc) is 3.16. The van der Waals surface area contributed by atoms with Crippen LogP contribution in [0.2, 0.25) is 0 Å². The third kappa shape index (κ3) is 3.09. The zero-order valence-corrected chi connectivity index (χ0v) is 21.3. The smallest absolute Gasteiger partial charge is 0.303 e. The molecule has 1 spiro atoms. The van der Waals surface area contributed by atoms with E-state index >= 15 is 0 Å². The summed E-state index contributed by atoms with van der Waals surface area (Å²) in [5.41, 5.74) is 1.81. The Morgan fingerprint density at radius 3 is 2.69 bits per heavy atom. The zero-order chi connectivity index (χ0) is 24.6. The Morgan fingerprint density at radius 1 is 1.17 bits per heavy atom. The fraction of sp³-hybridized carbons (Fsp3) is 0.519. The van der Waals surface area contributed by atoms with Crippen LogP contribution in [0.25, 0.3) is 0 Å². The first-order valence-corrected chi connectivity index (χ1v) is 14.0. The molecular formula is C27H32N2O5S. The molecule has 2 aliphatic carbocycles. The lowest BCUT2D eigenvalue weighted by molar-refractivity contribution is -0.218. The molecule has 1 saturated carbocycles. The molecule has 1 saturated heterocycles. The van der Waals surface area contributed by atoms with Crippen LogP contribution < -0.4 is 4.74 Å². The third-order valence-corrected chi connectivity index (χ3v) is 10.8. The summed E-state index contributed by atoms with van der Waals surface area (Å²) in [6.45, 7) is 2.32. The molecule has 8 heteroatoms. The van der Waals surface area contributed by atoms with Gasteiger partial charge in [-0.1, -0.05) is 42.5 Å². The van der Waals surface area contributed by atoms with Gasteiger partial charge in [0.05, 0.1) is 23.3 Å². The van der Waals surface area contributed by atoms with Gasteiger partial charge in [-0.05, 0) is 56.5 Å². The van der Waals surface area contributed by atoms with E-state index in [1.807, 2.05) is 42.5 Å². The van der Waals surface area contributed by atoms with Gasteiger partial charge in [0.15, 0.2) is 0 Å². The Labute approximate surface area is 207 Å². The molecule has 186 valence electrons. The van der Waals surface area contributed by atoms with Crippen LogP contribution in [-0.2, 0) is 37.1 Å². The summed E-state index contributed by atoms with van der Waals surface area (Å²) >= 11 is 0. The molecule has 2 fully saturated rings. The molecule has 0 unspecified atom stereocenters. The molecule has 2 aromatic carbocycles. The van der Waals surface area contributed by atoms with Gasteiger partial charge in [0.2, 0.25) is 10.0 Å². The highest BCUT2D eigenvalue weighted by Gasteiger charge is 2.75. The predicted molar refractivity (Wildman–Crippen MR) is 132 cm³/mol. The number of ether oxygens (including phenoxy) is 2. The fourth-order valence-electron chi connectivity index (χ4n) is 7.60. The van der Waals surface area contributed by atoms with Gasteiger partial charge >= 0.3 is 5.97 Å². The lowest BCUT2D eigenvalue weighted by Crippen LogP contribution is -2.78. The highest BCUT2D eigenvalue weighted by Crippen LogP contribution is 2.65. The van der Waals surface area contributed by atoms with Gasteiger partial charge in [-0.2, -0.15) is 4.31 Å². The van der Waals surface area contributed by atoms with Gasteiger partial charge in [-0.25, -0.2) is 8.42 Å². The van der Waals surface area contributed by atoms with E-state index in [1.165, 1.54) is 16.8 Å². The molecular weight excluding hydrogens is 464 g/mol. The number of rotatable bonds is 5. The minimum Gasteiger partial charge on any atom is -0.487 e. The monoisotopic (exact) mass is 496 g/mol. The molecule has 2 bridgehead atoms. The number of likely N-dealkylation sites (tertiary alicyclic amines) is 1. The Balaban J connectivity index is 1.46. The summed E-state index contributed by atoms with van der Waals surface area (Å²) in [6.07, 6.45) is 2.30. The summed E-state index contributed by atoms with van der Waals surface area (Å²) in [5, 5.41) is 0. The summed E-state index contributed by atoms with van der Waals surface area (Å²) in [5.74, 6) is 0.465. The standard InChI is InChI=1S/C27H32N2O5S/c1-18(30)34-27-13-12-21(29(3)35(31,32)17-19-8-5-4-6-9-19)25-26(27)14-15-28(2)23(27)16-20-10-7-11-22(33-25)24(20)26/h4-11,21,23,25H,12-17H2,1-3H3/t21-,23+,25-,26-,27+/m0/s1. The van der Waals surface area contributed by atoms with Crippen molar-refractivity contribution < 1.29 is 22.7 Å². The second-order valence-corrected chi connectivity index (χ2v) is 12.6. The van der Waals surface area contributed by atoms with Crippen molar-refractivity contribution in [3.8, 4) is 5.75 Å². The second kappa shape index (κ2) is 7.79. The number of hydrogen-bond acceptors (Lipinski definition) is 6. The van der Waals surface area contributed by atoms with Gasteiger partial charge in [0, 0.05) is 19.5 Å². The van der Waals surface area contributed by atoms with Crippen molar-refractivity contribution >= 4 is 16.0 Å². The quantitative estimate of drug-likeness (QED) is 0.593. The Hall–Kier alpha value is -2.42. The van der Waals surface area contributed by atoms with E-state index in [0.29, 0.717) is 12.8 Å². The minimum atomic E-state index is -3.60. The van der Waals surface area contributed by atoms with E-state index in [9.17, 15) is 13.2 Å². The SMILES string of the molecule is CC(=O)O[C@@]12CC[C@H](N(C)S(=O)(=O)Cc3ccccc3)[C@@H]3Oc4cccc5c4[C@@]31CCN(C)[C@@H]2C5. The summed E-state index contributed by atoms with van der Waals surface area (Å²) in [4.78, 5) is 14.8. The summed E-state index contributed by atoms with van der Waals surface area (Å²) < 4.78 is 41.7. The van der Waals surface area contributed by atoms with Gasteiger partial charge in [0.25, 0.3) is 0 Å². The number of hydrogen-bond donors (Lipinski definition) is 0. The normalized spacial score (nSPS) is 33.2. The predicted octanol–water partition coefficient (Wildman–Crippen LogP) is 2.87. The Bertz CT molecular complexity index is 1280. The molecule has 0 amide bonds. The Morgan fingerprint density at radius 2 is 1.94 bits per heavy atom. The van der Waals surface area contributed by atoms with E-state index < -0.39 is 27.1 Å². The van der Waals surface area contributed by atoms with Crippen molar-refractivity contribution in [3.63, 3.8) is 0 Å². The van der Waals surface area contributed by atoms with Crippen LogP contribution in [0.15, 0.2) is 48.5 Å². The number of sulfonamides is 1. The number of benzene rings is 2. The maximum atomic E-state index is 13.6. The molecule has 35 heavy (non-hydrogen) atoms. The van der Waals surface area contributed by atoms with Gasteiger partial charge in [0.1, 0.15) is 17.5 Å². The molecule has 4 aliphatic rings. The maximum Gasteiger partial charge on any atom is 0.303 e. The molecule has 0 N–H and O–H groups in total. The third-order valence-electron chi connectivity index (χ3n) is 8.98. The number of carbonyl (C=O) groups is 1. The fourth-order valence-corrected chi connectivity index (χ4v) is 9.04. The van der Waals surface area contributed by atoms with E-state index in [0.717, 1.165) is 36.3 Å². The van der Waals surface area contributed by atoms with E-state index in [4.69, 9.17) is 9.47 Å². The molecule has 6 rings (SSSR count). The first kappa shape index (κ1) is 23.0. The highest BCUT2D eigenvalue weighted by atomic mass is 32.2. The van der Waals surface area contributed by atoms with Gasteiger partial charge < -0.3 is 9.47 Å². The number of carbonyl (C=O) groups excluding carboxylic acids is 1. The van der Waals surface area contributed by atoms with Crippen molar-refractivity contribution in [3.05, 3.63) is 65.2 Å². The van der Waals surface area contributed by atoms with Crippen molar-refractivity contribution in [1.29, 1.82) is 0 Å². The summed E-state index contributed by atoms with van der Waals surface area (Å²) in [7, 11) is 0.186. The van der Waals surface area contributed by atoms with Crippen molar-refractivity contribution in [1.82, 2.24) is 9.21 Å². The van der Waals surface area contributed by atoms with E-state index in [2.05, 4.69) is 18.0 Å². The summed E-state index contributed by atoms with van der Waals surface area (Å²) in [6, 6.07) is 15.1. The van der Waals surface area contributed by atoms with Crippen LogP contribution in [0.3, 0.4) is 0 Å². The molecule has 5 atom stereocenters. The van der Waals surface area contributed by atoms with Crippen LogP contribution in [-0.4, -0.2) is 68.0 Å². The first-order valence-electron chi connectivity index (χ1n) is 12.4. The van der Waals surface area contributed by atoms with Crippen molar-refractivity contribution in [2.24, 2.45) is 0 Å². The molecule has 2 aliphatic heterocycles. The number of esters is 1. The molecule has 7 nitrogen and oxygen atoms in total. The highest BCUT2D eigenvalue weighted by molar-refractivity contribution is 7.88. The molecule has 0 aromatic heterocycles. The van der Waals surface area contributed by atoms with Crippen molar-refractivity contribution in [2.75, 3.05) is 20.6 Å². The van der Waals surface area contributed by atoms with Crippen LogP contribution >= 0.6 is 0 Å². The number of piperidine rings is 1. The molecule has 0 radical (unpaired) electrons. The van der Waals surface area contributed by atoms with Gasteiger partial charge in [-0.15, -0.1) is 0 Å². The second-order valence-electron chi connectivity index (χ2n) is 10.6. The minimum absolute atomic E-state index is 0.0271. The Kier molecular flexibility index (Phi) is 5.12. The van der Waals surface area contributed by atoms with Gasteiger partial charge in [-0.3, -0.25) is 9.69 Å². The topological polar surface area (TPSA) is 76.1 Å². The lowest BCUT2D eigenvalue weighted by atomic mass is 9.48. The van der Waals surface area contributed by atoms with Crippen LogP contribution in [0.4, 0.5) is 0 Å². The van der Waals surface area contributed by atoms with E-state index in [1.54, 1.807) is 7.05 Å². The number of nitrogens with zero attached hydrogens (tertiary/aromatic N) is 2. The average molecular weight is 497 g/mol. The van der Waals surface area contributed by atoms with Crippen LogP contribution in [0.1, 0.15) is 42.9 Å². The van der Waals surface area contributed by atoms with E-state index in [-0.39, 0.29) is 23.8 Å². The van der Waals surface area contributed by atoms with Crippen LogP contribution in [0, 0.1) is 0 Å². The molecule has 2 aromatic rings. The first-order chi connectivity index (χ1) is 16.7. The largest absolute Gasteiger partial charge is 0.487 e. The lowest BCUT2D eigenvalue weighted by Gasteiger charge is -2.65.